The van der Waals surface area contributed by atoms with Gasteiger partial charge in [-0.2, -0.15) is 0 Å². The summed E-state index contributed by atoms with van der Waals surface area (Å²) in [6.07, 6.45) is 4.78. The van der Waals surface area contributed by atoms with Crippen molar-refractivity contribution in [2.75, 3.05) is 0 Å². The summed E-state index contributed by atoms with van der Waals surface area (Å²) in [5, 5.41) is 9.47. The van der Waals surface area contributed by atoms with E-state index >= 15 is 0 Å². The lowest BCUT2D eigenvalue weighted by atomic mass is 10.3. The van der Waals surface area contributed by atoms with Crippen molar-refractivity contribution in [2.24, 2.45) is 10.7 Å². The molecular formula is C11H10N4O. The van der Waals surface area contributed by atoms with Crippen molar-refractivity contribution >= 4 is 11.7 Å². The Bertz CT molecular complexity index is 510. The monoisotopic (exact) mass is 214 g/mol. The van der Waals surface area contributed by atoms with E-state index in [-0.39, 0.29) is 17.4 Å². The summed E-state index contributed by atoms with van der Waals surface area (Å²) < 4.78 is 0. The van der Waals surface area contributed by atoms with E-state index in [9.17, 15) is 5.11 Å². The van der Waals surface area contributed by atoms with Gasteiger partial charge >= 0.3 is 0 Å². The molecule has 0 fully saturated rings. The van der Waals surface area contributed by atoms with Crippen LogP contribution in [-0.2, 0) is 0 Å². The number of aliphatic imine (C=N–C) groups is 1. The molecule has 0 bridgehead atoms. The fourth-order valence-electron chi connectivity index (χ4n) is 1.17. The van der Waals surface area contributed by atoms with Gasteiger partial charge in [0.15, 0.2) is 11.6 Å². The normalized spacial score (nSPS) is 11.4. The summed E-state index contributed by atoms with van der Waals surface area (Å²) in [5.74, 6) is 0.459. The van der Waals surface area contributed by atoms with Gasteiger partial charge in [0, 0.05) is 24.2 Å². The third kappa shape index (κ3) is 2.14. The Balaban J connectivity index is 2.36. The van der Waals surface area contributed by atoms with E-state index in [2.05, 4.69) is 15.0 Å². The van der Waals surface area contributed by atoms with Crippen molar-refractivity contribution in [3.8, 4) is 5.75 Å². The molecule has 80 valence electrons. The zero-order valence-electron chi connectivity index (χ0n) is 8.41. The molecule has 0 amide bonds. The van der Waals surface area contributed by atoms with Gasteiger partial charge in [-0.1, -0.05) is 0 Å². The average molecular weight is 214 g/mol. The van der Waals surface area contributed by atoms with Crippen molar-refractivity contribution in [2.45, 2.75) is 0 Å². The second kappa shape index (κ2) is 4.39. The Kier molecular flexibility index (Phi) is 2.77. The average Bonchev–Trinajstić information content (AvgIpc) is 2.33. The number of amidine groups is 1. The maximum Gasteiger partial charge on any atom is 0.196 e. The highest BCUT2D eigenvalue weighted by Crippen LogP contribution is 2.21. The van der Waals surface area contributed by atoms with Crippen LogP contribution in [0.2, 0.25) is 0 Å². The Morgan fingerprint density at radius 3 is 2.75 bits per heavy atom. The minimum atomic E-state index is -0.00524. The molecule has 0 aliphatic heterocycles. The van der Waals surface area contributed by atoms with Gasteiger partial charge in [0.2, 0.25) is 0 Å². The summed E-state index contributed by atoms with van der Waals surface area (Å²) in [6, 6.07) is 6.67. The van der Waals surface area contributed by atoms with Crippen LogP contribution in [0.4, 0.5) is 5.82 Å². The number of rotatable bonds is 2. The van der Waals surface area contributed by atoms with Gasteiger partial charge < -0.3 is 10.8 Å². The molecule has 5 nitrogen and oxygen atoms in total. The van der Waals surface area contributed by atoms with E-state index in [4.69, 9.17) is 5.73 Å². The molecule has 0 saturated heterocycles. The Hall–Kier alpha value is -2.43. The zero-order chi connectivity index (χ0) is 11.4. The van der Waals surface area contributed by atoms with Crippen LogP contribution in [0.5, 0.6) is 5.75 Å². The standard InChI is InChI=1S/C11H10N4O/c12-10(8-3-1-5-13-7-8)15-11-9(16)4-2-6-14-11/h1-7,16H,(H2,12,14,15). The molecule has 0 radical (unpaired) electrons. The van der Waals surface area contributed by atoms with Crippen molar-refractivity contribution in [1.82, 2.24) is 9.97 Å². The summed E-state index contributed by atoms with van der Waals surface area (Å²) in [7, 11) is 0. The first-order valence-electron chi connectivity index (χ1n) is 4.66. The highest BCUT2D eigenvalue weighted by Gasteiger charge is 2.02. The molecule has 2 heterocycles. The van der Waals surface area contributed by atoms with Crippen LogP contribution in [0, 0.1) is 0 Å². The Morgan fingerprint density at radius 1 is 1.25 bits per heavy atom. The first-order valence-corrected chi connectivity index (χ1v) is 4.66. The molecule has 0 aromatic carbocycles. The fourth-order valence-corrected chi connectivity index (χ4v) is 1.17. The number of nitrogens with zero attached hydrogens (tertiary/aromatic N) is 3. The molecule has 0 atom stereocenters. The van der Waals surface area contributed by atoms with Gasteiger partial charge in [0.05, 0.1) is 0 Å². The lowest BCUT2D eigenvalue weighted by molar-refractivity contribution is 0.474. The number of nitrogens with two attached hydrogens (primary N) is 1. The zero-order valence-corrected chi connectivity index (χ0v) is 8.41. The lowest BCUT2D eigenvalue weighted by Gasteiger charge is -2.00. The highest BCUT2D eigenvalue weighted by molar-refractivity contribution is 5.98. The van der Waals surface area contributed by atoms with Crippen LogP contribution < -0.4 is 5.73 Å². The molecule has 0 saturated carbocycles. The molecule has 2 aromatic rings. The van der Waals surface area contributed by atoms with Gasteiger partial charge in [-0.05, 0) is 24.3 Å². The SMILES string of the molecule is N/C(=N/c1ncccc1O)c1cccnc1. The lowest BCUT2D eigenvalue weighted by Crippen LogP contribution is -2.12. The van der Waals surface area contributed by atoms with Gasteiger partial charge in [0.1, 0.15) is 5.84 Å². The first-order chi connectivity index (χ1) is 7.77. The smallest absolute Gasteiger partial charge is 0.196 e. The Labute approximate surface area is 92.3 Å². The van der Waals surface area contributed by atoms with Crippen molar-refractivity contribution in [1.29, 1.82) is 0 Å². The van der Waals surface area contributed by atoms with Crippen LogP contribution in [0.1, 0.15) is 5.56 Å². The molecule has 0 unspecified atom stereocenters. The molecule has 2 rings (SSSR count). The molecule has 3 N–H and O–H groups in total. The molecule has 16 heavy (non-hydrogen) atoms. The van der Waals surface area contributed by atoms with Gasteiger partial charge in [-0.15, -0.1) is 0 Å². The summed E-state index contributed by atoms with van der Waals surface area (Å²) in [6.45, 7) is 0. The van der Waals surface area contributed by atoms with Crippen LogP contribution in [0.25, 0.3) is 0 Å². The van der Waals surface area contributed by atoms with Crippen molar-refractivity contribution < 1.29 is 5.11 Å². The van der Waals surface area contributed by atoms with Crippen molar-refractivity contribution in [3.63, 3.8) is 0 Å². The molecule has 2 aromatic heterocycles. The number of hydrogen-bond acceptors (Lipinski definition) is 4. The van der Waals surface area contributed by atoms with E-state index in [1.807, 2.05) is 0 Å². The third-order valence-corrected chi connectivity index (χ3v) is 1.95. The molecule has 0 aliphatic carbocycles. The molecule has 0 spiro atoms. The first kappa shape index (κ1) is 10.1. The van der Waals surface area contributed by atoms with E-state index in [0.717, 1.165) is 0 Å². The third-order valence-electron chi connectivity index (χ3n) is 1.95. The van der Waals surface area contributed by atoms with Crippen LogP contribution in [0.15, 0.2) is 47.8 Å². The largest absolute Gasteiger partial charge is 0.504 e. The number of aromatic nitrogens is 2. The van der Waals surface area contributed by atoms with E-state index in [1.165, 1.54) is 12.3 Å². The minimum Gasteiger partial charge on any atom is -0.504 e. The van der Waals surface area contributed by atoms with Crippen LogP contribution >= 0.6 is 0 Å². The van der Waals surface area contributed by atoms with Crippen LogP contribution in [0.3, 0.4) is 0 Å². The molecule has 5 heteroatoms. The highest BCUT2D eigenvalue weighted by atomic mass is 16.3. The summed E-state index contributed by atoms with van der Waals surface area (Å²) in [4.78, 5) is 11.9. The van der Waals surface area contributed by atoms with E-state index < -0.39 is 0 Å². The summed E-state index contributed by atoms with van der Waals surface area (Å²) >= 11 is 0. The van der Waals surface area contributed by atoms with Gasteiger partial charge in [-0.3, -0.25) is 4.98 Å². The van der Waals surface area contributed by atoms with E-state index in [1.54, 1.807) is 30.6 Å². The number of aromatic hydroxyl groups is 1. The number of hydrogen-bond donors (Lipinski definition) is 2. The molecular weight excluding hydrogens is 204 g/mol. The number of pyridine rings is 2. The van der Waals surface area contributed by atoms with Crippen LogP contribution in [-0.4, -0.2) is 20.9 Å². The maximum absolute atomic E-state index is 9.47. The fraction of sp³-hybridized carbons (Fsp3) is 0. The predicted molar refractivity (Wildman–Crippen MR) is 60.5 cm³/mol. The predicted octanol–water partition coefficient (Wildman–Crippen LogP) is 1.22. The second-order valence-electron chi connectivity index (χ2n) is 3.08. The van der Waals surface area contributed by atoms with E-state index in [0.29, 0.717) is 5.56 Å². The maximum atomic E-state index is 9.47. The minimum absolute atomic E-state index is 0.00524. The summed E-state index contributed by atoms with van der Waals surface area (Å²) in [5.41, 5.74) is 6.44. The van der Waals surface area contributed by atoms with Crippen molar-refractivity contribution in [3.05, 3.63) is 48.4 Å². The van der Waals surface area contributed by atoms with Gasteiger partial charge in [0.25, 0.3) is 0 Å². The topological polar surface area (TPSA) is 84.4 Å². The Morgan fingerprint density at radius 2 is 2.06 bits per heavy atom. The quantitative estimate of drug-likeness (QED) is 0.581. The van der Waals surface area contributed by atoms with Gasteiger partial charge in [-0.25, -0.2) is 9.98 Å². The molecule has 0 aliphatic rings. The second-order valence-corrected chi connectivity index (χ2v) is 3.08.